The fourth-order valence-corrected chi connectivity index (χ4v) is 1.25. The van der Waals surface area contributed by atoms with Crippen LogP contribution in [0.25, 0.3) is 0 Å². The molecule has 0 saturated heterocycles. The minimum absolute atomic E-state index is 0.435. The van der Waals surface area contributed by atoms with Gasteiger partial charge in [-0.15, -0.1) is 0 Å². The van der Waals surface area contributed by atoms with Crippen LogP contribution < -0.4 is 0 Å². The second-order valence-electron chi connectivity index (χ2n) is 2.42. The van der Waals surface area contributed by atoms with Crippen molar-refractivity contribution in [2.75, 3.05) is 0 Å². The molecule has 0 heterocycles. The molecule has 74 valence electrons. The van der Waals surface area contributed by atoms with Gasteiger partial charge >= 0.3 is 11.9 Å². The highest BCUT2D eigenvalue weighted by atomic mass is 35.5. The average molecular weight is 219 g/mol. The van der Waals surface area contributed by atoms with Gasteiger partial charge in [0.2, 0.25) is 0 Å². The first-order valence-electron chi connectivity index (χ1n) is 3.39. The molecule has 0 bridgehead atoms. The zero-order valence-corrected chi connectivity index (χ0v) is 7.38. The van der Waals surface area contributed by atoms with Crippen LogP contribution in [0.15, 0.2) is 12.1 Å². The van der Waals surface area contributed by atoms with Crippen molar-refractivity contribution in [1.29, 1.82) is 0 Å². The van der Waals surface area contributed by atoms with Crippen molar-refractivity contribution < 1.29 is 24.2 Å². The number of carboxylic acids is 2. The standard InChI is InChI=1S/C8H4ClFO4/c9-5-2-3(10)1-4(7(11)12)6(5)8(13)14/h1-2H,(H,11,12)(H,13,14). The monoisotopic (exact) mass is 218 g/mol. The molecule has 0 amide bonds. The van der Waals surface area contributed by atoms with Gasteiger partial charge in [0.15, 0.2) is 0 Å². The lowest BCUT2D eigenvalue weighted by Gasteiger charge is -2.03. The van der Waals surface area contributed by atoms with Gasteiger partial charge in [-0.25, -0.2) is 14.0 Å². The first kappa shape index (κ1) is 10.5. The van der Waals surface area contributed by atoms with Crippen molar-refractivity contribution in [1.82, 2.24) is 0 Å². The third kappa shape index (κ3) is 1.82. The maximum Gasteiger partial charge on any atom is 0.338 e. The molecule has 0 aliphatic heterocycles. The molecule has 0 aromatic heterocycles. The molecule has 14 heavy (non-hydrogen) atoms. The Kier molecular flexibility index (Phi) is 2.71. The fraction of sp³-hybridized carbons (Fsp3) is 0. The van der Waals surface area contributed by atoms with Gasteiger partial charge in [-0.3, -0.25) is 0 Å². The van der Waals surface area contributed by atoms with Crippen LogP contribution in [0, 0.1) is 5.82 Å². The highest BCUT2D eigenvalue weighted by Crippen LogP contribution is 2.22. The molecule has 1 aromatic carbocycles. The van der Waals surface area contributed by atoms with Gasteiger partial charge in [0.05, 0.1) is 16.1 Å². The van der Waals surface area contributed by atoms with E-state index in [0.29, 0.717) is 6.07 Å². The van der Waals surface area contributed by atoms with Gasteiger partial charge in [0.25, 0.3) is 0 Å². The number of hydrogen-bond acceptors (Lipinski definition) is 2. The molecule has 0 unspecified atom stereocenters. The molecule has 0 radical (unpaired) electrons. The largest absolute Gasteiger partial charge is 0.478 e. The third-order valence-electron chi connectivity index (χ3n) is 1.50. The molecule has 4 nitrogen and oxygen atoms in total. The molecule has 0 atom stereocenters. The molecule has 0 saturated carbocycles. The normalized spacial score (nSPS) is 9.86. The predicted molar refractivity (Wildman–Crippen MR) is 45.3 cm³/mol. The van der Waals surface area contributed by atoms with E-state index in [1.165, 1.54) is 0 Å². The lowest BCUT2D eigenvalue weighted by molar-refractivity contribution is 0.0651. The Hall–Kier alpha value is -1.62. The van der Waals surface area contributed by atoms with E-state index in [2.05, 4.69) is 0 Å². The number of hydrogen-bond donors (Lipinski definition) is 2. The van der Waals surface area contributed by atoms with Crippen molar-refractivity contribution in [3.8, 4) is 0 Å². The average Bonchev–Trinajstić information content (AvgIpc) is 2.01. The number of carbonyl (C=O) groups is 2. The zero-order valence-electron chi connectivity index (χ0n) is 6.62. The van der Waals surface area contributed by atoms with Crippen LogP contribution in [-0.2, 0) is 0 Å². The van der Waals surface area contributed by atoms with Crippen LogP contribution >= 0.6 is 11.6 Å². The summed E-state index contributed by atoms with van der Waals surface area (Å²) in [5.41, 5.74) is -1.27. The second kappa shape index (κ2) is 3.63. The number of benzene rings is 1. The summed E-state index contributed by atoms with van der Waals surface area (Å²) >= 11 is 5.39. The predicted octanol–water partition coefficient (Wildman–Crippen LogP) is 1.88. The highest BCUT2D eigenvalue weighted by molar-refractivity contribution is 6.34. The summed E-state index contributed by atoms with van der Waals surface area (Å²) in [6.07, 6.45) is 0. The molecule has 6 heteroatoms. The van der Waals surface area contributed by atoms with E-state index in [1.807, 2.05) is 0 Å². The van der Waals surface area contributed by atoms with Crippen LogP contribution in [0.4, 0.5) is 4.39 Å². The molecular formula is C8H4ClFO4. The van der Waals surface area contributed by atoms with Crippen molar-refractivity contribution in [2.45, 2.75) is 0 Å². The van der Waals surface area contributed by atoms with E-state index in [-0.39, 0.29) is 0 Å². The van der Waals surface area contributed by atoms with E-state index in [0.717, 1.165) is 6.07 Å². The van der Waals surface area contributed by atoms with Crippen molar-refractivity contribution in [2.24, 2.45) is 0 Å². The number of aromatic carboxylic acids is 2. The Bertz CT molecular complexity index is 416. The second-order valence-corrected chi connectivity index (χ2v) is 2.83. The maximum atomic E-state index is 12.7. The summed E-state index contributed by atoms with van der Waals surface area (Å²) in [6.45, 7) is 0. The number of rotatable bonds is 2. The van der Waals surface area contributed by atoms with E-state index < -0.39 is 33.9 Å². The van der Waals surface area contributed by atoms with E-state index in [9.17, 15) is 14.0 Å². The fourth-order valence-electron chi connectivity index (χ4n) is 0.960. The Morgan fingerprint density at radius 3 is 2.21 bits per heavy atom. The highest BCUT2D eigenvalue weighted by Gasteiger charge is 2.20. The minimum Gasteiger partial charge on any atom is -0.478 e. The summed E-state index contributed by atoms with van der Waals surface area (Å²) in [4.78, 5) is 21.1. The quantitative estimate of drug-likeness (QED) is 0.795. The summed E-state index contributed by atoms with van der Waals surface area (Å²) in [6, 6.07) is 1.36. The molecule has 0 fully saturated rings. The van der Waals surface area contributed by atoms with Gasteiger partial charge in [-0.2, -0.15) is 0 Å². The van der Waals surface area contributed by atoms with Crippen molar-refractivity contribution in [3.63, 3.8) is 0 Å². The molecule has 2 N–H and O–H groups in total. The smallest absolute Gasteiger partial charge is 0.338 e. The van der Waals surface area contributed by atoms with Crippen molar-refractivity contribution in [3.05, 3.63) is 34.1 Å². The van der Waals surface area contributed by atoms with Crippen LogP contribution in [0.5, 0.6) is 0 Å². The molecule has 0 aliphatic rings. The van der Waals surface area contributed by atoms with E-state index in [4.69, 9.17) is 21.8 Å². The van der Waals surface area contributed by atoms with Gasteiger partial charge in [-0.1, -0.05) is 11.6 Å². The summed E-state index contributed by atoms with van der Waals surface area (Å²) in [5.74, 6) is -3.94. The van der Waals surface area contributed by atoms with E-state index in [1.54, 1.807) is 0 Å². The van der Waals surface area contributed by atoms with E-state index >= 15 is 0 Å². The third-order valence-corrected chi connectivity index (χ3v) is 1.80. The minimum atomic E-state index is -1.54. The Labute approximate surface area is 82.5 Å². The van der Waals surface area contributed by atoms with Gasteiger partial charge in [0.1, 0.15) is 5.82 Å². The number of halogens is 2. The molecule has 1 rings (SSSR count). The summed E-state index contributed by atoms with van der Waals surface area (Å²) in [7, 11) is 0. The first-order chi connectivity index (χ1) is 6.43. The molecular weight excluding hydrogens is 215 g/mol. The van der Waals surface area contributed by atoms with Crippen LogP contribution in [0.2, 0.25) is 5.02 Å². The lowest BCUT2D eigenvalue weighted by atomic mass is 10.1. The lowest BCUT2D eigenvalue weighted by Crippen LogP contribution is -2.09. The maximum absolute atomic E-state index is 12.7. The topological polar surface area (TPSA) is 74.6 Å². The Morgan fingerprint density at radius 1 is 1.21 bits per heavy atom. The van der Waals surface area contributed by atoms with Crippen molar-refractivity contribution >= 4 is 23.5 Å². The first-order valence-corrected chi connectivity index (χ1v) is 3.77. The van der Waals surface area contributed by atoms with Crippen LogP contribution in [0.1, 0.15) is 20.7 Å². The molecule has 1 aromatic rings. The van der Waals surface area contributed by atoms with Gasteiger partial charge < -0.3 is 10.2 Å². The summed E-state index contributed by atoms with van der Waals surface area (Å²) in [5, 5.41) is 16.8. The number of carboxylic acid groups (broad SMARTS) is 2. The Morgan fingerprint density at radius 2 is 1.79 bits per heavy atom. The van der Waals surface area contributed by atoms with Crippen LogP contribution in [0.3, 0.4) is 0 Å². The Balaban J connectivity index is 3.52. The molecule has 0 spiro atoms. The van der Waals surface area contributed by atoms with Crippen LogP contribution in [-0.4, -0.2) is 22.2 Å². The van der Waals surface area contributed by atoms with Gasteiger partial charge in [0, 0.05) is 0 Å². The summed E-state index contributed by atoms with van der Waals surface area (Å²) < 4.78 is 12.7. The van der Waals surface area contributed by atoms with Gasteiger partial charge in [-0.05, 0) is 12.1 Å². The SMILES string of the molecule is O=C(O)c1cc(F)cc(Cl)c1C(=O)O. The zero-order chi connectivity index (χ0) is 10.9. The molecule has 0 aliphatic carbocycles.